The van der Waals surface area contributed by atoms with Crippen molar-refractivity contribution in [2.75, 3.05) is 0 Å². The molecule has 134 valence electrons. The second-order valence-electron chi connectivity index (χ2n) is 7.38. The zero-order valence-electron chi connectivity index (χ0n) is 15.8. The number of benzene rings is 2. The van der Waals surface area contributed by atoms with Gasteiger partial charge in [-0.3, -0.25) is 0 Å². The predicted octanol–water partition coefficient (Wildman–Crippen LogP) is -0.818. The van der Waals surface area contributed by atoms with Crippen molar-refractivity contribution in [3.63, 3.8) is 0 Å². The molecule has 0 bridgehead atoms. The minimum absolute atomic E-state index is 0. The number of fused-ring (bicyclic) bond motifs is 3. The molecule has 0 fully saturated rings. The summed E-state index contributed by atoms with van der Waals surface area (Å²) in [7, 11) is 0. The molecule has 0 N–H and O–H groups in total. The Labute approximate surface area is 177 Å². The molecule has 0 aliphatic heterocycles. The van der Waals surface area contributed by atoms with Gasteiger partial charge in [0.15, 0.2) is 0 Å². The van der Waals surface area contributed by atoms with Crippen molar-refractivity contribution in [2.45, 2.75) is 40.5 Å². The Bertz CT molecular complexity index is 945. The number of hydrogen-bond donors (Lipinski definition) is 0. The molecule has 2 aliphatic carbocycles. The van der Waals surface area contributed by atoms with Gasteiger partial charge in [0.05, 0.1) is 0 Å². The van der Waals surface area contributed by atoms with Crippen molar-refractivity contribution in [1.82, 2.24) is 0 Å². The summed E-state index contributed by atoms with van der Waals surface area (Å²) in [5.41, 5.74) is 8.91. The van der Waals surface area contributed by atoms with Crippen LogP contribution in [0, 0.1) is 13.8 Å². The maximum absolute atomic E-state index is 2.51. The van der Waals surface area contributed by atoms with Crippen molar-refractivity contribution in [1.29, 1.82) is 0 Å². The van der Waals surface area contributed by atoms with Gasteiger partial charge in [-0.25, -0.2) is 0 Å². The average Bonchev–Trinajstić information content (AvgIpc) is 3.15. The average molecular weight is 463 g/mol. The standard InChI is InChI=1S/C15H13.C5H5.C3H6.2ClH.Zr/c1-10-3-5-12-9-13-6-4-11(2)8-15(13)14(12)7-10;1-2-4-5-3-1;1-3-2;;;/h3-5,7-8H,9H2,1-2H3;1-3H,4H2;1-2H3;2*1H;/q;;;;;+2/p-2. The van der Waals surface area contributed by atoms with Crippen LogP contribution in [-0.2, 0) is 27.7 Å². The van der Waals surface area contributed by atoms with E-state index >= 15 is 0 Å². The van der Waals surface area contributed by atoms with E-state index in [1.807, 2.05) is 0 Å². The van der Waals surface area contributed by atoms with Crippen LogP contribution < -0.4 is 28.1 Å². The first-order valence-corrected chi connectivity index (χ1v) is 12.5. The molecule has 0 saturated heterocycles. The van der Waals surface area contributed by atoms with Crippen LogP contribution in [0.25, 0.3) is 11.1 Å². The monoisotopic (exact) mass is 460 g/mol. The van der Waals surface area contributed by atoms with Crippen LogP contribution in [0.5, 0.6) is 0 Å². The molecule has 2 aliphatic rings. The minimum Gasteiger partial charge on any atom is -1.00 e. The summed E-state index contributed by atoms with van der Waals surface area (Å²) >= 11 is -1.91. The van der Waals surface area contributed by atoms with E-state index in [1.54, 1.807) is 15.3 Å². The van der Waals surface area contributed by atoms with E-state index in [9.17, 15) is 0 Å². The van der Waals surface area contributed by atoms with Crippen LogP contribution in [0.1, 0.15) is 42.5 Å². The van der Waals surface area contributed by atoms with Gasteiger partial charge in [-0.05, 0) is 0 Å². The van der Waals surface area contributed by atoms with Gasteiger partial charge >= 0.3 is 154 Å². The van der Waals surface area contributed by atoms with Crippen LogP contribution in [0.2, 0.25) is 0 Å². The van der Waals surface area contributed by atoms with Crippen molar-refractivity contribution in [3.8, 4) is 11.1 Å². The van der Waals surface area contributed by atoms with Crippen LogP contribution in [0.4, 0.5) is 0 Å². The summed E-state index contributed by atoms with van der Waals surface area (Å²) in [6, 6.07) is 11.9. The first kappa shape index (κ1) is 21.6. The van der Waals surface area contributed by atoms with E-state index in [0.717, 1.165) is 6.42 Å². The predicted molar refractivity (Wildman–Crippen MR) is 102 cm³/mol. The van der Waals surface area contributed by atoms with Gasteiger partial charge in [0.25, 0.3) is 0 Å². The number of hydrogen-bond acceptors (Lipinski definition) is 0. The third-order valence-electron chi connectivity index (χ3n) is 5.18. The maximum Gasteiger partial charge on any atom is -1.00 e. The van der Waals surface area contributed by atoms with Gasteiger partial charge in [0.2, 0.25) is 0 Å². The second kappa shape index (κ2) is 8.51. The Balaban J connectivity index is 0.00000121. The van der Waals surface area contributed by atoms with Crippen LogP contribution in [-0.4, -0.2) is 3.21 Å². The van der Waals surface area contributed by atoms with Crippen molar-refractivity contribution >= 4 is 6.48 Å². The fourth-order valence-electron chi connectivity index (χ4n) is 4.15. The zero-order chi connectivity index (χ0) is 16.8. The Morgan fingerprint density at radius 2 is 1.65 bits per heavy atom. The Hall–Kier alpha value is -0.747. The van der Waals surface area contributed by atoms with Crippen molar-refractivity contribution in [3.05, 3.63) is 74.1 Å². The van der Waals surface area contributed by atoms with E-state index in [-0.39, 0.29) is 24.8 Å². The van der Waals surface area contributed by atoms with E-state index in [0.29, 0.717) is 0 Å². The van der Waals surface area contributed by atoms with Gasteiger partial charge in [0, 0.05) is 0 Å². The molecule has 0 aromatic heterocycles. The van der Waals surface area contributed by atoms with Gasteiger partial charge in [-0.15, -0.1) is 0 Å². The van der Waals surface area contributed by atoms with Gasteiger partial charge < -0.3 is 24.8 Å². The first-order chi connectivity index (χ1) is 11.5. The van der Waals surface area contributed by atoms with Crippen molar-refractivity contribution in [2.24, 2.45) is 0 Å². The van der Waals surface area contributed by atoms with Crippen LogP contribution in [0.15, 0.2) is 51.8 Å². The summed E-state index contributed by atoms with van der Waals surface area (Å²) in [6.45, 7) is 9.21. The van der Waals surface area contributed by atoms with Crippen LogP contribution in [0.3, 0.4) is 0 Å². The largest absolute Gasteiger partial charge is 1.00 e. The van der Waals surface area contributed by atoms with Gasteiger partial charge in [-0.1, -0.05) is 0 Å². The molecule has 0 heterocycles. The van der Waals surface area contributed by atoms with E-state index in [2.05, 4.69) is 76.3 Å². The summed E-state index contributed by atoms with van der Waals surface area (Å²) in [6.07, 6.45) is 9.29. The Morgan fingerprint density at radius 1 is 0.923 bits per heavy atom. The molecule has 0 unspecified atom stereocenters. The van der Waals surface area contributed by atoms with E-state index in [4.69, 9.17) is 0 Å². The summed E-state index contributed by atoms with van der Waals surface area (Å²) in [5.74, 6) is 0. The normalized spacial score (nSPS) is 13.0. The molecule has 26 heavy (non-hydrogen) atoms. The molecular weight excluding hydrogens is 438 g/mol. The summed E-state index contributed by atoms with van der Waals surface area (Å²) < 4.78 is 5.14. The number of halogens is 2. The molecule has 0 amide bonds. The third kappa shape index (κ3) is 3.77. The van der Waals surface area contributed by atoms with E-state index < -0.39 is 21.3 Å². The molecule has 4 rings (SSSR count). The Morgan fingerprint density at radius 3 is 2.31 bits per heavy atom. The minimum atomic E-state index is -1.91. The number of rotatable bonds is 2. The molecule has 0 nitrogen and oxygen atoms in total. The third-order valence-corrected chi connectivity index (χ3v) is 12.5. The maximum atomic E-state index is 2.51. The molecule has 0 saturated carbocycles. The molecular formula is C23H24Cl2Zr. The molecule has 2 aromatic carbocycles. The zero-order valence-corrected chi connectivity index (χ0v) is 19.8. The Kier molecular flexibility index (Phi) is 7.05. The summed E-state index contributed by atoms with van der Waals surface area (Å²) in [5, 5.41) is 0. The van der Waals surface area contributed by atoms with Crippen LogP contribution >= 0.6 is 0 Å². The molecule has 0 atom stereocenters. The second-order valence-corrected chi connectivity index (χ2v) is 14.6. The molecule has 0 radical (unpaired) electrons. The van der Waals surface area contributed by atoms with Crippen molar-refractivity contribution < 1.29 is 46.1 Å². The SMILES string of the molecule is C[C](C)=[Zr+2]([C]1=CC=CC1)[c]1cc(C)cc2c1Cc1ccc(C)cc1-2.[Cl-].[Cl-]. The molecule has 3 heteroatoms. The molecule has 0 spiro atoms. The topological polar surface area (TPSA) is 0 Å². The number of allylic oxidation sites excluding steroid dienone is 4. The van der Waals surface area contributed by atoms with Gasteiger partial charge in [-0.2, -0.15) is 0 Å². The molecule has 2 aromatic rings. The quantitative estimate of drug-likeness (QED) is 0.467. The van der Waals surface area contributed by atoms with Gasteiger partial charge in [0.1, 0.15) is 0 Å². The van der Waals surface area contributed by atoms with E-state index in [1.165, 1.54) is 34.2 Å². The fraction of sp³-hybridized carbons (Fsp3) is 0.261. The number of aryl methyl sites for hydroxylation is 2. The first-order valence-electron chi connectivity index (χ1n) is 8.82. The summed E-state index contributed by atoms with van der Waals surface area (Å²) in [4.78, 5) is 0. The fourth-order valence-corrected chi connectivity index (χ4v) is 11.5. The smallest absolute Gasteiger partial charge is 1.00 e.